The van der Waals surface area contributed by atoms with Gasteiger partial charge in [0.15, 0.2) is 11.6 Å². The summed E-state index contributed by atoms with van der Waals surface area (Å²) in [5.41, 5.74) is 8.68. The number of allylic oxidation sites excluding steroid dienone is 1. The Morgan fingerprint density at radius 1 is 1.20 bits per heavy atom. The molecule has 3 aromatic rings. The number of halogens is 1. The summed E-state index contributed by atoms with van der Waals surface area (Å²) in [5, 5.41) is 13.7. The highest BCUT2D eigenvalue weighted by Gasteiger charge is 2.32. The lowest BCUT2D eigenvalue weighted by molar-refractivity contribution is -0.114. The molecule has 9 heteroatoms. The fraction of sp³-hybridized carbons (Fsp3) is 0.192. The van der Waals surface area contributed by atoms with Crippen LogP contribution in [0.25, 0.3) is 0 Å². The van der Waals surface area contributed by atoms with Gasteiger partial charge in [0.1, 0.15) is 17.5 Å². The number of aryl methyl sites for hydroxylation is 1. The molecular weight excluding hydrogens is 451 g/mol. The highest BCUT2D eigenvalue weighted by atomic mass is 19.1. The van der Waals surface area contributed by atoms with Gasteiger partial charge >= 0.3 is 0 Å². The predicted octanol–water partition coefficient (Wildman–Crippen LogP) is 4.07. The molecule has 180 valence electrons. The number of nitrogens with two attached hydrogens (primary N) is 1. The van der Waals surface area contributed by atoms with Crippen LogP contribution in [0, 0.1) is 5.82 Å². The first kappa shape index (κ1) is 23.9. The summed E-state index contributed by atoms with van der Waals surface area (Å²) in [6.07, 6.45) is 1.00. The molecule has 2 aromatic carbocycles. The highest BCUT2D eigenvalue weighted by Crippen LogP contribution is 2.40. The summed E-state index contributed by atoms with van der Waals surface area (Å²) >= 11 is 0. The molecule has 1 unspecified atom stereocenters. The molecule has 35 heavy (non-hydrogen) atoms. The number of aromatic nitrogens is 1. The van der Waals surface area contributed by atoms with E-state index in [-0.39, 0.29) is 28.5 Å². The summed E-state index contributed by atoms with van der Waals surface area (Å²) in [6, 6.07) is 12.5. The van der Waals surface area contributed by atoms with Crippen molar-refractivity contribution in [2.45, 2.75) is 26.4 Å². The summed E-state index contributed by atoms with van der Waals surface area (Å²) in [6.45, 7) is 3.77. The number of carbonyl (C=O) groups is 2. The Balaban J connectivity index is 1.55. The molecule has 0 aliphatic carbocycles. The minimum absolute atomic E-state index is 0.0147. The maximum absolute atomic E-state index is 14.7. The molecule has 0 saturated heterocycles. The molecule has 4 N–H and O–H groups in total. The molecular formula is C26H25FN4O4. The van der Waals surface area contributed by atoms with Crippen molar-refractivity contribution in [3.05, 3.63) is 88.6 Å². The fourth-order valence-corrected chi connectivity index (χ4v) is 3.95. The quantitative estimate of drug-likeness (QED) is 0.494. The number of hydrogen-bond acceptors (Lipinski definition) is 6. The minimum Gasteiger partial charge on any atom is -0.454 e. The van der Waals surface area contributed by atoms with Crippen molar-refractivity contribution in [2.75, 3.05) is 17.3 Å². The number of primary amides is 1. The zero-order valence-corrected chi connectivity index (χ0v) is 19.5. The normalized spacial score (nSPS) is 15.0. The van der Waals surface area contributed by atoms with Crippen LogP contribution in [0.15, 0.2) is 66.0 Å². The number of benzene rings is 2. The Hall–Kier alpha value is -4.24. The van der Waals surface area contributed by atoms with Crippen LogP contribution < -0.4 is 20.7 Å². The lowest BCUT2D eigenvalue weighted by Crippen LogP contribution is -2.31. The summed E-state index contributed by atoms with van der Waals surface area (Å²) < 4.78 is 20.2. The number of aliphatic hydroxyl groups excluding tert-OH is 1. The van der Waals surface area contributed by atoms with Crippen LogP contribution in [0.4, 0.5) is 15.8 Å². The van der Waals surface area contributed by atoms with E-state index >= 15 is 0 Å². The van der Waals surface area contributed by atoms with Gasteiger partial charge in [-0.25, -0.2) is 4.39 Å². The van der Waals surface area contributed by atoms with Crippen LogP contribution in [-0.2, 0) is 11.2 Å². The van der Waals surface area contributed by atoms with E-state index in [0.717, 1.165) is 23.7 Å². The molecule has 4 rings (SSSR count). The standard InChI is InChI=1S/C26H25FN4O4/c1-4-15-5-7-21-18(11-15)24(32)23(14(2)31(21)3)26(34)30-16-6-8-22(19(27)12-16)35-17-9-10-29-20(13-17)25(28)33/h5-13,24,32H,4H2,1-3H3,(H2,28,33)(H,30,34). The molecule has 2 amide bonds. The van der Waals surface area contributed by atoms with Gasteiger partial charge in [-0.15, -0.1) is 0 Å². The largest absolute Gasteiger partial charge is 0.454 e. The van der Waals surface area contributed by atoms with Gasteiger partial charge in [-0.05, 0) is 43.2 Å². The zero-order chi connectivity index (χ0) is 25.3. The Kier molecular flexibility index (Phi) is 6.52. The van der Waals surface area contributed by atoms with Crippen molar-refractivity contribution in [2.24, 2.45) is 5.73 Å². The third-order valence-electron chi connectivity index (χ3n) is 5.97. The van der Waals surface area contributed by atoms with Gasteiger partial charge in [0.25, 0.3) is 11.8 Å². The van der Waals surface area contributed by atoms with E-state index in [2.05, 4.69) is 10.3 Å². The smallest absolute Gasteiger partial charge is 0.267 e. The first-order valence-corrected chi connectivity index (χ1v) is 11.0. The number of pyridine rings is 1. The minimum atomic E-state index is -1.12. The summed E-state index contributed by atoms with van der Waals surface area (Å²) in [7, 11) is 1.83. The van der Waals surface area contributed by atoms with Gasteiger partial charge in [-0.2, -0.15) is 0 Å². The van der Waals surface area contributed by atoms with Crippen LogP contribution in [0.3, 0.4) is 0 Å². The van der Waals surface area contributed by atoms with Gasteiger partial charge in [-0.3, -0.25) is 14.6 Å². The second-order valence-electron chi connectivity index (χ2n) is 8.15. The van der Waals surface area contributed by atoms with Crippen molar-refractivity contribution < 1.29 is 23.8 Å². The topological polar surface area (TPSA) is 118 Å². The third-order valence-corrected chi connectivity index (χ3v) is 5.97. The van der Waals surface area contributed by atoms with E-state index in [1.165, 1.54) is 30.5 Å². The number of hydrogen-bond donors (Lipinski definition) is 3. The summed E-state index contributed by atoms with van der Waals surface area (Å²) in [5.74, 6) is -1.93. The van der Waals surface area contributed by atoms with Crippen LogP contribution in [0.1, 0.15) is 41.6 Å². The second kappa shape index (κ2) is 9.55. The number of nitrogens with one attached hydrogen (secondary N) is 1. The van der Waals surface area contributed by atoms with E-state index in [0.29, 0.717) is 11.3 Å². The van der Waals surface area contributed by atoms with E-state index < -0.39 is 23.7 Å². The van der Waals surface area contributed by atoms with Crippen molar-refractivity contribution in [1.82, 2.24) is 4.98 Å². The van der Waals surface area contributed by atoms with Gasteiger partial charge in [-0.1, -0.05) is 19.1 Å². The Labute approximate surface area is 201 Å². The number of carbonyl (C=O) groups excluding carboxylic acids is 2. The van der Waals surface area contributed by atoms with Crippen LogP contribution in [0.5, 0.6) is 11.5 Å². The average Bonchev–Trinajstić information content (AvgIpc) is 2.84. The summed E-state index contributed by atoms with van der Waals surface area (Å²) in [4.78, 5) is 30.1. The molecule has 0 spiro atoms. The maximum Gasteiger partial charge on any atom is 0.267 e. The number of aliphatic hydroxyl groups is 1. The Morgan fingerprint density at radius 3 is 2.66 bits per heavy atom. The van der Waals surface area contributed by atoms with E-state index in [9.17, 15) is 19.1 Å². The Morgan fingerprint density at radius 2 is 1.97 bits per heavy atom. The second-order valence-corrected chi connectivity index (χ2v) is 8.15. The maximum atomic E-state index is 14.7. The first-order chi connectivity index (χ1) is 16.7. The number of fused-ring (bicyclic) bond motifs is 1. The van der Waals surface area contributed by atoms with Crippen LogP contribution in [-0.4, -0.2) is 29.0 Å². The fourth-order valence-electron chi connectivity index (χ4n) is 3.95. The molecule has 0 bridgehead atoms. The molecule has 2 heterocycles. The molecule has 0 fully saturated rings. The lowest BCUT2D eigenvalue weighted by Gasteiger charge is -2.34. The lowest BCUT2D eigenvalue weighted by atomic mass is 9.91. The van der Waals surface area contributed by atoms with Gasteiger partial charge in [0, 0.05) is 48.0 Å². The van der Waals surface area contributed by atoms with Gasteiger partial charge < -0.3 is 25.8 Å². The van der Waals surface area contributed by atoms with Crippen molar-refractivity contribution in [1.29, 1.82) is 0 Å². The predicted molar refractivity (Wildman–Crippen MR) is 130 cm³/mol. The molecule has 1 atom stereocenters. The first-order valence-electron chi connectivity index (χ1n) is 11.0. The van der Waals surface area contributed by atoms with Crippen molar-refractivity contribution in [3.8, 4) is 11.5 Å². The van der Waals surface area contributed by atoms with Crippen LogP contribution in [0.2, 0.25) is 0 Å². The van der Waals surface area contributed by atoms with Gasteiger partial charge in [0.2, 0.25) is 0 Å². The van der Waals surface area contributed by atoms with E-state index in [4.69, 9.17) is 10.5 Å². The number of nitrogens with zero attached hydrogens (tertiary/aromatic N) is 2. The zero-order valence-electron chi connectivity index (χ0n) is 19.5. The molecule has 1 aliphatic heterocycles. The van der Waals surface area contributed by atoms with E-state index in [1.54, 1.807) is 6.92 Å². The highest BCUT2D eigenvalue weighted by molar-refractivity contribution is 6.06. The number of ether oxygens (including phenoxy) is 1. The molecule has 0 saturated carbocycles. The van der Waals surface area contributed by atoms with Crippen molar-refractivity contribution in [3.63, 3.8) is 0 Å². The number of rotatable bonds is 6. The molecule has 8 nitrogen and oxygen atoms in total. The van der Waals surface area contributed by atoms with E-state index in [1.807, 2.05) is 37.1 Å². The molecule has 1 aromatic heterocycles. The SMILES string of the molecule is CCc1ccc2c(c1)C(O)C(C(=O)Nc1ccc(Oc3ccnc(C(N)=O)c3)c(F)c1)=C(C)N2C. The van der Waals surface area contributed by atoms with Crippen molar-refractivity contribution >= 4 is 23.2 Å². The Bertz CT molecular complexity index is 1350. The third kappa shape index (κ3) is 4.71. The average molecular weight is 477 g/mol. The monoisotopic (exact) mass is 476 g/mol. The van der Waals surface area contributed by atoms with Crippen LogP contribution >= 0.6 is 0 Å². The molecule has 0 radical (unpaired) electrons. The number of amides is 2. The van der Waals surface area contributed by atoms with Gasteiger partial charge in [0.05, 0.1) is 5.57 Å². The number of anilines is 2. The molecule has 1 aliphatic rings.